The lowest BCUT2D eigenvalue weighted by Crippen LogP contribution is -2.09. The molecule has 8 rings (SSSR count). The first-order chi connectivity index (χ1) is 35.2. The molecule has 0 aliphatic rings. The number of fused-ring (bicyclic) bond motifs is 1. The molecule has 12 heteroatoms. The summed E-state index contributed by atoms with van der Waals surface area (Å²) >= 11 is 0. The first-order valence-corrected chi connectivity index (χ1v) is 23.6. The van der Waals surface area contributed by atoms with Gasteiger partial charge in [0.05, 0.1) is 46.8 Å². The first kappa shape index (κ1) is 49.3. The van der Waals surface area contributed by atoms with Gasteiger partial charge in [-0.3, -0.25) is 9.98 Å². The van der Waals surface area contributed by atoms with Crippen LogP contribution in [0.4, 0.5) is 11.4 Å². The number of benzene rings is 8. The van der Waals surface area contributed by atoms with Crippen molar-refractivity contribution in [1.29, 1.82) is 0 Å². The van der Waals surface area contributed by atoms with Crippen molar-refractivity contribution in [3.05, 3.63) is 215 Å². The van der Waals surface area contributed by atoms with Crippen LogP contribution in [0.5, 0.6) is 34.5 Å². The highest BCUT2D eigenvalue weighted by Crippen LogP contribution is 2.31. The molecule has 0 atom stereocenters. The Labute approximate surface area is 417 Å². The molecule has 0 amide bonds. The third kappa shape index (κ3) is 13.8. The van der Waals surface area contributed by atoms with E-state index >= 15 is 0 Å². The quantitative estimate of drug-likeness (QED) is 0.0313. The number of rotatable bonds is 20. The SMILES string of the molecule is CCCCOc1ccc(C(=O)Oc2ccc(N=Cc3ccc(C(=O)Oc4ccc5cccc(OC(=O)c6ccc(C=Nc7ccc(OC(=O)c8ccc(OCCCC)cc8)cc7)cc6)c5c4)cc3)cc2)cc1. The zero-order valence-corrected chi connectivity index (χ0v) is 39.7. The molecule has 0 unspecified atom stereocenters. The maximum Gasteiger partial charge on any atom is 0.343 e. The molecular formula is C60H50N2O10. The zero-order chi connectivity index (χ0) is 50.1. The largest absolute Gasteiger partial charge is 0.494 e. The van der Waals surface area contributed by atoms with Crippen LogP contribution in [0.25, 0.3) is 10.8 Å². The van der Waals surface area contributed by atoms with Crippen molar-refractivity contribution in [2.75, 3.05) is 13.2 Å². The number of hydrogen-bond donors (Lipinski definition) is 0. The Balaban J connectivity index is 0.809. The Kier molecular flexibility index (Phi) is 16.7. The van der Waals surface area contributed by atoms with E-state index in [1.54, 1.807) is 188 Å². The normalized spacial score (nSPS) is 11.1. The molecular weight excluding hydrogens is 909 g/mol. The van der Waals surface area contributed by atoms with Gasteiger partial charge in [-0.25, -0.2) is 19.2 Å². The summed E-state index contributed by atoms with van der Waals surface area (Å²) in [7, 11) is 0. The van der Waals surface area contributed by atoms with Crippen LogP contribution in [0, 0.1) is 0 Å². The average molecular weight is 959 g/mol. The molecule has 0 saturated carbocycles. The lowest BCUT2D eigenvalue weighted by Gasteiger charge is -2.10. The number of nitrogens with zero attached hydrogens (tertiary/aromatic N) is 2. The number of aliphatic imine (C=N–C) groups is 2. The van der Waals surface area contributed by atoms with E-state index in [1.165, 1.54) is 0 Å². The number of ether oxygens (including phenoxy) is 6. The van der Waals surface area contributed by atoms with Gasteiger partial charge in [-0.2, -0.15) is 0 Å². The third-order valence-electron chi connectivity index (χ3n) is 11.1. The Hall–Kier alpha value is -9.16. The van der Waals surface area contributed by atoms with E-state index in [9.17, 15) is 19.2 Å². The maximum atomic E-state index is 13.3. The molecule has 8 aromatic carbocycles. The summed E-state index contributed by atoms with van der Waals surface area (Å²) in [6, 6.07) is 51.4. The molecule has 0 fully saturated rings. The smallest absolute Gasteiger partial charge is 0.343 e. The fourth-order valence-corrected chi connectivity index (χ4v) is 6.98. The molecule has 0 radical (unpaired) electrons. The van der Waals surface area contributed by atoms with Crippen LogP contribution in [0.1, 0.15) is 92.1 Å². The molecule has 0 spiro atoms. The summed E-state index contributed by atoms with van der Waals surface area (Å²) in [6.45, 7) is 5.45. The van der Waals surface area contributed by atoms with Gasteiger partial charge in [0.1, 0.15) is 34.5 Å². The van der Waals surface area contributed by atoms with Gasteiger partial charge < -0.3 is 28.4 Å². The Morgan fingerprint density at radius 1 is 0.403 bits per heavy atom. The summed E-state index contributed by atoms with van der Waals surface area (Å²) in [6.07, 6.45) is 7.33. The summed E-state index contributed by atoms with van der Waals surface area (Å²) in [5.74, 6) is 0.666. The number of hydrogen-bond acceptors (Lipinski definition) is 12. The summed E-state index contributed by atoms with van der Waals surface area (Å²) in [5.41, 5.74) is 4.26. The molecule has 0 aromatic heterocycles. The number of unbranched alkanes of at least 4 members (excludes halogenated alkanes) is 2. The first-order valence-electron chi connectivity index (χ1n) is 23.6. The number of carbonyl (C=O) groups is 4. The van der Waals surface area contributed by atoms with Gasteiger partial charge in [-0.15, -0.1) is 0 Å². The molecule has 0 N–H and O–H groups in total. The molecule has 72 heavy (non-hydrogen) atoms. The zero-order valence-electron chi connectivity index (χ0n) is 39.7. The van der Waals surface area contributed by atoms with Crippen LogP contribution >= 0.6 is 0 Å². The molecule has 360 valence electrons. The van der Waals surface area contributed by atoms with Gasteiger partial charge >= 0.3 is 23.9 Å². The number of esters is 4. The van der Waals surface area contributed by atoms with Gasteiger partial charge in [-0.1, -0.05) is 69.2 Å². The van der Waals surface area contributed by atoms with Crippen molar-refractivity contribution in [2.24, 2.45) is 9.98 Å². The van der Waals surface area contributed by atoms with E-state index in [0.29, 0.717) is 81.0 Å². The summed E-state index contributed by atoms with van der Waals surface area (Å²) < 4.78 is 34.0. The van der Waals surface area contributed by atoms with Crippen LogP contribution in [-0.2, 0) is 0 Å². The van der Waals surface area contributed by atoms with E-state index < -0.39 is 23.9 Å². The van der Waals surface area contributed by atoms with Gasteiger partial charge in [0.15, 0.2) is 0 Å². The van der Waals surface area contributed by atoms with Gasteiger partial charge in [-0.05, 0) is 169 Å². The molecule has 0 bridgehead atoms. The van der Waals surface area contributed by atoms with Crippen LogP contribution in [-0.4, -0.2) is 49.5 Å². The second-order valence-corrected chi connectivity index (χ2v) is 16.4. The second-order valence-electron chi connectivity index (χ2n) is 16.4. The predicted molar refractivity (Wildman–Crippen MR) is 278 cm³/mol. The van der Waals surface area contributed by atoms with Gasteiger partial charge in [0.2, 0.25) is 0 Å². The van der Waals surface area contributed by atoms with E-state index in [-0.39, 0.29) is 5.75 Å². The minimum absolute atomic E-state index is 0.273. The van der Waals surface area contributed by atoms with Crippen molar-refractivity contribution in [2.45, 2.75) is 39.5 Å². The molecule has 0 aliphatic carbocycles. The van der Waals surface area contributed by atoms with E-state index in [2.05, 4.69) is 23.8 Å². The molecule has 0 aliphatic heterocycles. The van der Waals surface area contributed by atoms with E-state index in [0.717, 1.165) is 42.2 Å². The Morgan fingerprint density at radius 3 is 1.21 bits per heavy atom. The van der Waals surface area contributed by atoms with Gasteiger partial charge in [0, 0.05) is 17.8 Å². The topological polar surface area (TPSA) is 148 Å². The van der Waals surface area contributed by atoms with Crippen LogP contribution < -0.4 is 28.4 Å². The predicted octanol–water partition coefficient (Wildman–Crippen LogP) is 13.6. The molecule has 0 heterocycles. The minimum atomic E-state index is -0.568. The fourth-order valence-electron chi connectivity index (χ4n) is 6.98. The van der Waals surface area contributed by atoms with Crippen molar-refractivity contribution < 1.29 is 47.6 Å². The summed E-state index contributed by atoms with van der Waals surface area (Å²) in [5, 5.41) is 1.36. The lowest BCUT2D eigenvalue weighted by molar-refractivity contribution is 0.0724. The van der Waals surface area contributed by atoms with Crippen molar-refractivity contribution in [3.63, 3.8) is 0 Å². The van der Waals surface area contributed by atoms with Crippen LogP contribution in [0.3, 0.4) is 0 Å². The monoisotopic (exact) mass is 958 g/mol. The molecule has 0 saturated heterocycles. The highest BCUT2D eigenvalue weighted by molar-refractivity contribution is 5.98. The van der Waals surface area contributed by atoms with Crippen molar-refractivity contribution >= 4 is 58.5 Å². The Morgan fingerprint density at radius 2 is 0.778 bits per heavy atom. The third-order valence-corrected chi connectivity index (χ3v) is 11.1. The summed E-state index contributed by atoms with van der Waals surface area (Å²) in [4.78, 5) is 60.9. The van der Waals surface area contributed by atoms with Crippen LogP contribution in [0.15, 0.2) is 192 Å². The standard InChI is InChI=1S/C60H50N2O10/c1-3-5-36-67-50-27-19-46(20-28-50)57(63)69-52-32-23-48(24-33-52)61-39-41-10-14-44(15-11-41)59(65)71-54-31-18-43-8-7-9-56(55(43)38-54)72-60(66)45-16-12-42(13-17-45)40-62-49-25-34-53(35-26-49)70-58(64)47-21-29-51(30-22-47)68-37-6-4-2/h7-35,38-40H,3-6,36-37H2,1-2H3. The molecule has 12 nitrogen and oxygen atoms in total. The lowest BCUT2D eigenvalue weighted by atomic mass is 10.1. The maximum absolute atomic E-state index is 13.3. The van der Waals surface area contributed by atoms with E-state index in [4.69, 9.17) is 28.4 Å². The molecule has 8 aromatic rings. The fraction of sp³-hybridized carbons (Fsp3) is 0.133. The Bertz CT molecular complexity index is 3190. The van der Waals surface area contributed by atoms with Crippen LogP contribution in [0.2, 0.25) is 0 Å². The van der Waals surface area contributed by atoms with Crippen molar-refractivity contribution in [1.82, 2.24) is 0 Å². The van der Waals surface area contributed by atoms with E-state index in [1.807, 2.05) is 6.07 Å². The second kappa shape index (κ2) is 24.4. The highest BCUT2D eigenvalue weighted by Gasteiger charge is 2.15. The van der Waals surface area contributed by atoms with Gasteiger partial charge in [0.25, 0.3) is 0 Å². The van der Waals surface area contributed by atoms with Crippen molar-refractivity contribution in [3.8, 4) is 34.5 Å². The number of carbonyl (C=O) groups excluding carboxylic acids is 4. The minimum Gasteiger partial charge on any atom is -0.494 e. The highest BCUT2D eigenvalue weighted by atomic mass is 16.5. The average Bonchev–Trinajstić information content (AvgIpc) is 3.41.